The average molecular weight is 310 g/mol. The Labute approximate surface area is 126 Å². The minimum absolute atomic E-state index is 0.210. The van der Waals surface area contributed by atoms with E-state index in [9.17, 15) is 8.42 Å². The Morgan fingerprint density at radius 1 is 1.38 bits per heavy atom. The zero-order chi connectivity index (χ0) is 14.7. The number of nitrogens with one attached hydrogen (secondary N) is 2. The summed E-state index contributed by atoms with van der Waals surface area (Å²) >= 11 is 0. The Kier molecular flexibility index (Phi) is 4.59. The molecule has 2 heterocycles. The fourth-order valence-corrected chi connectivity index (χ4v) is 4.41. The first-order chi connectivity index (χ1) is 10.2. The van der Waals surface area contributed by atoms with Crippen molar-refractivity contribution in [3.05, 3.63) is 29.3 Å². The maximum Gasteiger partial charge on any atom is 0.240 e. The van der Waals surface area contributed by atoms with Crippen LogP contribution in [0.4, 0.5) is 0 Å². The summed E-state index contributed by atoms with van der Waals surface area (Å²) in [7, 11) is -3.43. The molecule has 0 radical (unpaired) electrons. The van der Waals surface area contributed by atoms with Gasteiger partial charge in [0, 0.05) is 19.7 Å². The Morgan fingerprint density at radius 3 is 3.10 bits per heavy atom. The maximum absolute atomic E-state index is 12.5. The van der Waals surface area contributed by atoms with Gasteiger partial charge in [0.15, 0.2) is 0 Å². The minimum atomic E-state index is -3.43. The molecule has 2 aliphatic heterocycles. The monoisotopic (exact) mass is 310 g/mol. The Morgan fingerprint density at radius 2 is 2.29 bits per heavy atom. The molecule has 3 rings (SSSR count). The average Bonchev–Trinajstić information content (AvgIpc) is 3.00. The number of benzene rings is 1. The van der Waals surface area contributed by atoms with Gasteiger partial charge in [0.1, 0.15) is 0 Å². The summed E-state index contributed by atoms with van der Waals surface area (Å²) in [5.41, 5.74) is 2.05. The molecular formula is C15H22N2O3S. The number of hydrogen-bond donors (Lipinski definition) is 2. The van der Waals surface area contributed by atoms with Crippen LogP contribution in [-0.2, 0) is 27.7 Å². The molecule has 0 bridgehead atoms. The highest BCUT2D eigenvalue weighted by molar-refractivity contribution is 7.89. The lowest BCUT2D eigenvalue weighted by Crippen LogP contribution is -2.30. The lowest BCUT2D eigenvalue weighted by molar-refractivity contribution is 0.105. The fraction of sp³-hybridized carbons (Fsp3) is 0.600. The van der Waals surface area contributed by atoms with Crippen molar-refractivity contribution in [3.63, 3.8) is 0 Å². The van der Waals surface area contributed by atoms with Crippen LogP contribution in [0.5, 0.6) is 0 Å². The van der Waals surface area contributed by atoms with Crippen molar-refractivity contribution in [2.45, 2.75) is 43.2 Å². The molecule has 6 heteroatoms. The van der Waals surface area contributed by atoms with E-state index in [0.717, 1.165) is 56.5 Å². The van der Waals surface area contributed by atoms with Gasteiger partial charge in [-0.25, -0.2) is 13.1 Å². The zero-order valence-electron chi connectivity index (χ0n) is 12.1. The lowest BCUT2D eigenvalue weighted by Gasteiger charge is -2.20. The van der Waals surface area contributed by atoms with Crippen LogP contribution < -0.4 is 10.0 Å². The van der Waals surface area contributed by atoms with Gasteiger partial charge < -0.3 is 10.1 Å². The van der Waals surface area contributed by atoms with Gasteiger partial charge in [-0.3, -0.25) is 0 Å². The quantitative estimate of drug-likeness (QED) is 0.857. The number of fused-ring (bicyclic) bond motifs is 1. The zero-order valence-corrected chi connectivity index (χ0v) is 12.9. The van der Waals surface area contributed by atoms with Gasteiger partial charge in [-0.05, 0) is 49.4 Å². The molecule has 116 valence electrons. The fourth-order valence-electron chi connectivity index (χ4n) is 3.05. The van der Waals surface area contributed by atoms with E-state index < -0.39 is 10.0 Å². The standard InChI is InChI=1S/C15H22N2O3S/c18-21(19,17-9-6-13-4-2-10-20-13)15-5-1-3-12-11-16-8-7-14(12)15/h1,3,5,13,16-17H,2,4,6-11H2. The van der Waals surface area contributed by atoms with Crippen molar-refractivity contribution in [1.82, 2.24) is 10.0 Å². The van der Waals surface area contributed by atoms with E-state index in [2.05, 4.69) is 10.0 Å². The smallest absolute Gasteiger partial charge is 0.240 e. The molecule has 1 saturated heterocycles. The summed E-state index contributed by atoms with van der Waals surface area (Å²) in [4.78, 5) is 0.439. The molecule has 5 nitrogen and oxygen atoms in total. The molecule has 0 saturated carbocycles. The first-order valence-corrected chi connectivity index (χ1v) is 9.08. The van der Waals surface area contributed by atoms with Gasteiger partial charge >= 0.3 is 0 Å². The van der Waals surface area contributed by atoms with Gasteiger partial charge in [-0.1, -0.05) is 12.1 Å². The molecule has 0 aromatic heterocycles. The first kappa shape index (κ1) is 15.0. The van der Waals surface area contributed by atoms with Gasteiger partial charge in [0.05, 0.1) is 11.0 Å². The topological polar surface area (TPSA) is 67.4 Å². The van der Waals surface area contributed by atoms with E-state index in [1.54, 1.807) is 6.07 Å². The second-order valence-electron chi connectivity index (χ2n) is 5.64. The molecule has 2 aliphatic rings. The summed E-state index contributed by atoms with van der Waals surface area (Å²) in [6, 6.07) is 5.52. The number of sulfonamides is 1. The minimum Gasteiger partial charge on any atom is -0.378 e. The summed E-state index contributed by atoms with van der Waals surface area (Å²) in [6.07, 6.45) is 3.83. The Bertz CT molecular complexity index is 595. The molecule has 2 N–H and O–H groups in total. The van der Waals surface area contributed by atoms with E-state index in [1.807, 2.05) is 12.1 Å². The van der Waals surface area contributed by atoms with Crippen molar-refractivity contribution in [2.75, 3.05) is 19.7 Å². The molecule has 1 fully saturated rings. The summed E-state index contributed by atoms with van der Waals surface area (Å²) in [5.74, 6) is 0. The summed E-state index contributed by atoms with van der Waals surface area (Å²) < 4.78 is 33.3. The van der Waals surface area contributed by atoms with Crippen LogP contribution >= 0.6 is 0 Å². The molecule has 0 aliphatic carbocycles. The Hall–Kier alpha value is -0.950. The van der Waals surface area contributed by atoms with Crippen molar-refractivity contribution < 1.29 is 13.2 Å². The molecule has 1 aromatic rings. The van der Waals surface area contributed by atoms with Crippen LogP contribution in [0, 0.1) is 0 Å². The third kappa shape index (κ3) is 3.45. The first-order valence-electron chi connectivity index (χ1n) is 7.59. The Balaban J connectivity index is 1.69. The van der Waals surface area contributed by atoms with E-state index in [4.69, 9.17) is 4.74 Å². The molecular weight excluding hydrogens is 288 g/mol. The molecule has 1 atom stereocenters. The normalized spacial score (nSPS) is 22.2. The summed E-state index contributed by atoms with van der Waals surface area (Å²) in [6.45, 7) is 2.82. The second kappa shape index (κ2) is 6.44. The van der Waals surface area contributed by atoms with E-state index in [1.165, 1.54) is 0 Å². The van der Waals surface area contributed by atoms with Gasteiger partial charge in [0.2, 0.25) is 10.0 Å². The van der Waals surface area contributed by atoms with E-state index >= 15 is 0 Å². The van der Waals surface area contributed by atoms with Gasteiger partial charge in [-0.15, -0.1) is 0 Å². The largest absolute Gasteiger partial charge is 0.378 e. The molecule has 0 amide bonds. The van der Waals surface area contributed by atoms with Crippen LogP contribution in [0.15, 0.2) is 23.1 Å². The predicted octanol–water partition coefficient (Wildman–Crippen LogP) is 1.18. The van der Waals surface area contributed by atoms with E-state index in [0.29, 0.717) is 11.4 Å². The SMILES string of the molecule is O=S(=O)(NCCC1CCCO1)c1cccc2c1CCNC2. The second-order valence-corrected chi connectivity index (χ2v) is 7.38. The number of ether oxygens (including phenoxy) is 1. The number of rotatable bonds is 5. The highest BCUT2D eigenvalue weighted by atomic mass is 32.2. The third-order valence-electron chi connectivity index (χ3n) is 4.17. The maximum atomic E-state index is 12.5. The molecule has 1 unspecified atom stereocenters. The van der Waals surface area contributed by atoms with Crippen molar-refractivity contribution in [2.24, 2.45) is 0 Å². The van der Waals surface area contributed by atoms with Crippen LogP contribution in [0.25, 0.3) is 0 Å². The molecule has 1 aromatic carbocycles. The predicted molar refractivity (Wildman–Crippen MR) is 80.6 cm³/mol. The van der Waals surface area contributed by atoms with Crippen molar-refractivity contribution in [3.8, 4) is 0 Å². The van der Waals surface area contributed by atoms with E-state index in [-0.39, 0.29) is 6.10 Å². The van der Waals surface area contributed by atoms with Gasteiger partial charge in [-0.2, -0.15) is 0 Å². The van der Waals surface area contributed by atoms with Crippen LogP contribution in [0.1, 0.15) is 30.4 Å². The van der Waals surface area contributed by atoms with Crippen LogP contribution in [0.3, 0.4) is 0 Å². The van der Waals surface area contributed by atoms with Crippen molar-refractivity contribution >= 4 is 10.0 Å². The third-order valence-corrected chi connectivity index (χ3v) is 5.71. The molecule has 0 spiro atoms. The van der Waals surface area contributed by atoms with Crippen molar-refractivity contribution in [1.29, 1.82) is 0 Å². The van der Waals surface area contributed by atoms with Crippen LogP contribution in [0.2, 0.25) is 0 Å². The van der Waals surface area contributed by atoms with Crippen LogP contribution in [-0.4, -0.2) is 34.2 Å². The highest BCUT2D eigenvalue weighted by Gasteiger charge is 2.23. The number of hydrogen-bond acceptors (Lipinski definition) is 4. The summed E-state index contributed by atoms with van der Waals surface area (Å²) in [5, 5.41) is 3.27. The highest BCUT2D eigenvalue weighted by Crippen LogP contribution is 2.23. The molecule has 21 heavy (non-hydrogen) atoms. The van der Waals surface area contributed by atoms with Gasteiger partial charge in [0.25, 0.3) is 0 Å². The lowest BCUT2D eigenvalue weighted by atomic mass is 10.0.